The third-order valence-corrected chi connectivity index (χ3v) is 4.56. The van der Waals surface area contributed by atoms with Crippen LogP contribution < -0.4 is 10.2 Å². The maximum atomic E-state index is 12.1. The zero-order chi connectivity index (χ0) is 14.7. The molecule has 0 radical (unpaired) electrons. The lowest BCUT2D eigenvalue weighted by Crippen LogP contribution is -2.40. The van der Waals surface area contributed by atoms with Gasteiger partial charge in [0.05, 0.1) is 11.2 Å². The lowest BCUT2D eigenvalue weighted by molar-refractivity contribution is 0.0954. The SMILES string of the molecule is Cc1ncsc1C(=O)NCC1CCCN1c1ncccn1. The second-order valence-electron chi connectivity index (χ2n) is 5.02. The molecule has 21 heavy (non-hydrogen) atoms. The number of carbonyl (C=O) groups is 1. The van der Waals surface area contributed by atoms with Crippen LogP contribution in [0.2, 0.25) is 0 Å². The summed E-state index contributed by atoms with van der Waals surface area (Å²) in [5.41, 5.74) is 2.48. The van der Waals surface area contributed by atoms with Crippen LogP contribution >= 0.6 is 11.3 Å². The minimum absolute atomic E-state index is 0.0455. The van der Waals surface area contributed by atoms with E-state index in [-0.39, 0.29) is 11.9 Å². The van der Waals surface area contributed by atoms with Crippen LogP contribution in [-0.2, 0) is 0 Å². The Bertz CT molecular complexity index is 615. The van der Waals surface area contributed by atoms with Crippen molar-refractivity contribution in [3.05, 3.63) is 34.5 Å². The molecule has 7 heteroatoms. The number of nitrogens with zero attached hydrogens (tertiary/aromatic N) is 4. The number of rotatable bonds is 4. The fourth-order valence-corrected chi connectivity index (χ4v) is 3.28. The summed E-state index contributed by atoms with van der Waals surface area (Å²) in [5.74, 6) is 0.694. The highest BCUT2D eigenvalue weighted by Gasteiger charge is 2.27. The van der Waals surface area contributed by atoms with E-state index in [1.807, 2.05) is 13.0 Å². The number of anilines is 1. The standard InChI is InChI=1S/C14H17N5OS/c1-10-12(21-9-18-10)13(20)17-8-11-4-2-7-19(11)14-15-5-3-6-16-14/h3,5-6,9,11H,2,4,7-8H2,1H3,(H,17,20). The van der Waals surface area contributed by atoms with E-state index in [0.29, 0.717) is 11.4 Å². The van der Waals surface area contributed by atoms with Gasteiger partial charge in [-0.3, -0.25) is 4.79 Å². The maximum Gasteiger partial charge on any atom is 0.263 e. The first kappa shape index (κ1) is 13.9. The van der Waals surface area contributed by atoms with Crippen LogP contribution in [0.5, 0.6) is 0 Å². The Labute approximate surface area is 127 Å². The van der Waals surface area contributed by atoms with E-state index >= 15 is 0 Å². The number of nitrogens with one attached hydrogen (secondary N) is 1. The monoisotopic (exact) mass is 303 g/mol. The summed E-state index contributed by atoms with van der Waals surface area (Å²) in [5, 5.41) is 3.00. The largest absolute Gasteiger partial charge is 0.349 e. The molecule has 1 unspecified atom stereocenters. The smallest absolute Gasteiger partial charge is 0.263 e. The third-order valence-electron chi connectivity index (χ3n) is 3.64. The van der Waals surface area contributed by atoms with Crippen molar-refractivity contribution in [1.29, 1.82) is 0 Å². The van der Waals surface area contributed by atoms with Gasteiger partial charge in [0.25, 0.3) is 5.91 Å². The summed E-state index contributed by atoms with van der Waals surface area (Å²) < 4.78 is 0. The number of carbonyl (C=O) groups excluding carboxylic acids is 1. The summed E-state index contributed by atoms with van der Waals surface area (Å²) in [6, 6.07) is 2.06. The van der Waals surface area contributed by atoms with Gasteiger partial charge in [-0.1, -0.05) is 0 Å². The molecule has 2 aromatic rings. The lowest BCUT2D eigenvalue weighted by Gasteiger charge is -2.24. The lowest BCUT2D eigenvalue weighted by atomic mass is 10.2. The van der Waals surface area contributed by atoms with Crippen molar-refractivity contribution in [2.24, 2.45) is 0 Å². The molecule has 1 N–H and O–H groups in total. The molecule has 0 spiro atoms. The zero-order valence-electron chi connectivity index (χ0n) is 11.8. The molecule has 3 heterocycles. The molecule has 3 rings (SSSR count). The van der Waals surface area contributed by atoms with Crippen molar-refractivity contribution in [1.82, 2.24) is 20.3 Å². The van der Waals surface area contributed by atoms with Crippen molar-refractivity contribution < 1.29 is 4.79 Å². The topological polar surface area (TPSA) is 71.0 Å². The fraction of sp³-hybridized carbons (Fsp3) is 0.429. The number of thiazole rings is 1. The van der Waals surface area contributed by atoms with E-state index in [2.05, 4.69) is 25.2 Å². The predicted molar refractivity (Wildman–Crippen MR) is 81.6 cm³/mol. The van der Waals surface area contributed by atoms with E-state index < -0.39 is 0 Å². The molecule has 0 aromatic carbocycles. The summed E-state index contributed by atoms with van der Waals surface area (Å²) in [4.78, 5) is 27.7. The number of hydrogen-bond acceptors (Lipinski definition) is 6. The molecule has 1 saturated heterocycles. The zero-order valence-corrected chi connectivity index (χ0v) is 12.6. The molecule has 110 valence electrons. The first-order chi connectivity index (χ1) is 10.3. The van der Waals surface area contributed by atoms with Crippen LogP contribution in [0.1, 0.15) is 28.2 Å². The minimum Gasteiger partial charge on any atom is -0.349 e. The summed E-state index contributed by atoms with van der Waals surface area (Å²) in [7, 11) is 0. The second kappa shape index (κ2) is 6.17. The highest BCUT2D eigenvalue weighted by atomic mass is 32.1. The first-order valence-electron chi connectivity index (χ1n) is 6.97. The normalized spacial score (nSPS) is 18.0. The Morgan fingerprint density at radius 3 is 2.95 bits per heavy atom. The fourth-order valence-electron chi connectivity index (χ4n) is 2.56. The minimum atomic E-state index is -0.0455. The van der Waals surface area contributed by atoms with Crippen molar-refractivity contribution in [3.63, 3.8) is 0 Å². The molecule has 1 atom stereocenters. The Morgan fingerprint density at radius 2 is 2.24 bits per heavy atom. The van der Waals surface area contributed by atoms with Gasteiger partial charge in [0.1, 0.15) is 4.88 Å². The van der Waals surface area contributed by atoms with Crippen LogP contribution in [0.4, 0.5) is 5.95 Å². The molecule has 1 fully saturated rings. The quantitative estimate of drug-likeness (QED) is 0.929. The highest BCUT2D eigenvalue weighted by molar-refractivity contribution is 7.11. The van der Waals surface area contributed by atoms with Gasteiger partial charge >= 0.3 is 0 Å². The Balaban J connectivity index is 1.62. The van der Waals surface area contributed by atoms with Crippen LogP contribution in [-0.4, -0.2) is 40.0 Å². The van der Waals surface area contributed by atoms with Crippen molar-refractivity contribution >= 4 is 23.2 Å². The number of hydrogen-bond donors (Lipinski definition) is 1. The molecule has 1 amide bonds. The third kappa shape index (κ3) is 3.02. The van der Waals surface area contributed by atoms with Gasteiger partial charge in [0, 0.05) is 31.5 Å². The van der Waals surface area contributed by atoms with Crippen LogP contribution in [0, 0.1) is 6.92 Å². The molecule has 0 bridgehead atoms. The van der Waals surface area contributed by atoms with E-state index in [0.717, 1.165) is 31.0 Å². The van der Waals surface area contributed by atoms with Gasteiger partial charge in [0.2, 0.25) is 5.95 Å². The van der Waals surface area contributed by atoms with E-state index in [1.165, 1.54) is 11.3 Å². The molecule has 2 aromatic heterocycles. The van der Waals surface area contributed by atoms with Gasteiger partial charge in [-0.05, 0) is 25.8 Å². The van der Waals surface area contributed by atoms with Gasteiger partial charge in [0.15, 0.2) is 0 Å². The van der Waals surface area contributed by atoms with Crippen LogP contribution in [0.25, 0.3) is 0 Å². The van der Waals surface area contributed by atoms with Gasteiger partial charge < -0.3 is 10.2 Å². The molecule has 1 aliphatic heterocycles. The maximum absolute atomic E-state index is 12.1. The molecule has 1 aliphatic rings. The van der Waals surface area contributed by atoms with Crippen molar-refractivity contribution in [2.45, 2.75) is 25.8 Å². The van der Waals surface area contributed by atoms with E-state index in [9.17, 15) is 4.79 Å². The average Bonchev–Trinajstić information content (AvgIpc) is 3.14. The highest BCUT2D eigenvalue weighted by Crippen LogP contribution is 2.21. The van der Waals surface area contributed by atoms with Gasteiger partial charge in [-0.25, -0.2) is 15.0 Å². The Kier molecular flexibility index (Phi) is 4.10. The van der Waals surface area contributed by atoms with Crippen molar-refractivity contribution in [2.75, 3.05) is 18.0 Å². The Hall–Kier alpha value is -2.02. The van der Waals surface area contributed by atoms with Gasteiger partial charge in [-0.15, -0.1) is 11.3 Å². The number of amides is 1. The Morgan fingerprint density at radius 1 is 1.43 bits per heavy atom. The first-order valence-corrected chi connectivity index (χ1v) is 7.85. The summed E-state index contributed by atoms with van der Waals surface area (Å²) >= 11 is 1.38. The van der Waals surface area contributed by atoms with Crippen LogP contribution in [0.3, 0.4) is 0 Å². The van der Waals surface area contributed by atoms with E-state index in [4.69, 9.17) is 0 Å². The van der Waals surface area contributed by atoms with Gasteiger partial charge in [-0.2, -0.15) is 0 Å². The predicted octanol–water partition coefficient (Wildman–Crippen LogP) is 1.64. The number of aromatic nitrogens is 3. The summed E-state index contributed by atoms with van der Waals surface area (Å²) in [6.07, 6.45) is 5.63. The van der Waals surface area contributed by atoms with E-state index in [1.54, 1.807) is 17.9 Å². The number of aryl methyl sites for hydroxylation is 1. The molecular formula is C14H17N5OS. The molecular weight excluding hydrogens is 286 g/mol. The molecule has 0 saturated carbocycles. The molecule has 6 nitrogen and oxygen atoms in total. The van der Waals surface area contributed by atoms with Crippen LogP contribution in [0.15, 0.2) is 24.0 Å². The molecule has 0 aliphatic carbocycles. The average molecular weight is 303 g/mol. The summed E-state index contributed by atoms with van der Waals surface area (Å²) in [6.45, 7) is 3.39. The second-order valence-corrected chi connectivity index (χ2v) is 5.87. The van der Waals surface area contributed by atoms with Crippen molar-refractivity contribution in [3.8, 4) is 0 Å².